The molecule has 3 rings (SSSR count). The number of carbonyl (C=O) groups is 1. The molecule has 1 aliphatic rings. The average Bonchev–Trinajstić information content (AvgIpc) is 2.47. The first-order valence-corrected chi connectivity index (χ1v) is 9.92. The first-order valence-electron chi connectivity index (χ1n) is 6.27. The van der Waals surface area contributed by atoms with E-state index in [1.165, 1.54) is 0 Å². The van der Waals surface area contributed by atoms with Crippen LogP contribution in [0.5, 0.6) is 0 Å². The van der Waals surface area contributed by atoms with Crippen LogP contribution in [0.1, 0.15) is 16.8 Å². The second-order valence-corrected chi connectivity index (χ2v) is 9.20. The predicted molar refractivity (Wildman–Crippen MR) is 83.5 cm³/mol. The Morgan fingerprint density at radius 1 is 1.00 bits per heavy atom. The fourth-order valence-electron chi connectivity index (χ4n) is 2.19. The van der Waals surface area contributed by atoms with E-state index in [9.17, 15) is 8.23 Å². The van der Waals surface area contributed by atoms with Crippen molar-refractivity contribution in [2.75, 3.05) is 4.43 Å². The summed E-state index contributed by atoms with van der Waals surface area (Å²) in [6.45, 7) is 0. The molecule has 4 heteroatoms. The number of alkyl halides is 2. The van der Waals surface area contributed by atoms with Crippen molar-refractivity contribution in [2.24, 2.45) is 0 Å². The van der Waals surface area contributed by atoms with E-state index in [1.807, 2.05) is 54.6 Å². The molecule has 1 saturated heterocycles. The molecule has 0 radical (unpaired) electrons. The predicted octanol–water partition coefficient (Wildman–Crippen LogP) is 0.0943. The van der Waals surface area contributed by atoms with Crippen LogP contribution >= 0.6 is 20.2 Å². The summed E-state index contributed by atoms with van der Waals surface area (Å²) in [6.07, 6.45) is 0.813. The summed E-state index contributed by atoms with van der Waals surface area (Å²) in [7, 11) is 0. The van der Waals surface area contributed by atoms with Gasteiger partial charge in [-0.3, -0.25) is 0 Å². The molecule has 1 atom stereocenters. The van der Waals surface area contributed by atoms with E-state index in [0.717, 1.165) is 22.0 Å². The van der Waals surface area contributed by atoms with Crippen LogP contribution < -0.4 is 54.8 Å². The molecule has 2 aromatic rings. The summed E-state index contributed by atoms with van der Waals surface area (Å²) in [4.78, 5) is 12.1. The Morgan fingerprint density at radius 2 is 1.60 bits per heavy atom. The van der Waals surface area contributed by atoms with Crippen LogP contribution in [0.3, 0.4) is 0 Å². The molecular weight excluding hydrogens is 390 g/mol. The normalized spacial score (nSPS) is 18.9. The Labute approximate surface area is 169 Å². The Kier molecular flexibility index (Phi) is 6.40. The summed E-state index contributed by atoms with van der Waals surface area (Å²) in [5.74, 6) is 0.0751. The zero-order valence-electron chi connectivity index (χ0n) is 11.4. The van der Waals surface area contributed by atoms with Crippen molar-refractivity contribution in [3.63, 3.8) is 0 Å². The van der Waals surface area contributed by atoms with Gasteiger partial charge in [0.1, 0.15) is 0 Å². The van der Waals surface area contributed by atoms with Gasteiger partial charge in [-0.25, -0.2) is 0 Å². The van der Waals surface area contributed by atoms with Gasteiger partial charge < -0.3 is 0 Å². The van der Waals surface area contributed by atoms with Gasteiger partial charge >= 0.3 is 172 Å². The van der Waals surface area contributed by atoms with Gasteiger partial charge in [0, 0.05) is 0 Å². The van der Waals surface area contributed by atoms with E-state index in [0.29, 0.717) is 5.56 Å². The van der Waals surface area contributed by atoms with Gasteiger partial charge in [0.2, 0.25) is 0 Å². The van der Waals surface area contributed by atoms with E-state index < -0.39 is 20.2 Å². The minimum atomic E-state index is -2.15. The number of halogens is 1. The van der Waals surface area contributed by atoms with E-state index in [2.05, 4.69) is 0 Å². The molecule has 1 unspecified atom stereocenters. The van der Waals surface area contributed by atoms with Crippen LogP contribution in [0.2, 0.25) is 0 Å². The Balaban J connectivity index is 0.00000147. The van der Waals surface area contributed by atoms with Gasteiger partial charge in [-0.2, -0.15) is 0 Å². The Morgan fingerprint density at radius 3 is 2.10 bits per heavy atom. The van der Waals surface area contributed by atoms with Crippen LogP contribution in [-0.4, -0.2) is 14.1 Å². The molecule has 98 valence electrons. The summed E-state index contributed by atoms with van der Waals surface area (Å²) in [5.41, 5.74) is 2.94. The van der Waals surface area contributed by atoms with Crippen molar-refractivity contribution in [1.29, 1.82) is 0 Å². The topological polar surface area (TPSA) is 40.1 Å². The van der Waals surface area contributed by atoms with E-state index in [4.69, 9.17) is 0 Å². The first-order chi connectivity index (χ1) is 9.25. The molecule has 0 amide bonds. The van der Waals surface area contributed by atoms with Crippen molar-refractivity contribution < 1.29 is 59.6 Å². The standard InChI is InChI=1S/C16H14IO2.K/c18-16(15-10-11-17(15)19)14-8-6-13(7-9-14)12-4-2-1-3-5-12;/h1-9,15H,10-11H2;/q-1;+1. The molecule has 0 saturated carbocycles. The Bertz CT molecular complexity index is 583. The van der Waals surface area contributed by atoms with Crippen molar-refractivity contribution in [3.05, 3.63) is 60.2 Å². The molecule has 0 bridgehead atoms. The number of rotatable bonds is 3. The quantitative estimate of drug-likeness (QED) is 0.315. The molecule has 0 aliphatic carbocycles. The van der Waals surface area contributed by atoms with E-state index in [-0.39, 0.29) is 61.1 Å². The zero-order chi connectivity index (χ0) is 13.2. The summed E-state index contributed by atoms with van der Waals surface area (Å²) >= 11 is -2.15. The van der Waals surface area contributed by atoms with Crippen molar-refractivity contribution in [2.45, 2.75) is 10.3 Å². The maximum Gasteiger partial charge on any atom is 1.00 e. The Hall–Kier alpha value is 0.436. The molecule has 20 heavy (non-hydrogen) atoms. The van der Waals surface area contributed by atoms with Crippen molar-refractivity contribution >= 4 is 26.0 Å². The summed E-state index contributed by atoms with van der Waals surface area (Å²) < 4.78 is 12.2. The molecule has 1 heterocycles. The van der Waals surface area contributed by atoms with Gasteiger partial charge in [0.05, 0.1) is 0 Å². The fraction of sp³-hybridized carbons (Fsp3) is 0.188. The van der Waals surface area contributed by atoms with Gasteiger partial charge in [0.25, 0.3) is 0 Å². The fourth-order valence-corrected chi connectivity index (χ4v) is 4.93. The second-order valence-electron chi connectivity index (χ2n) is 4.61. The molecule has 0 spiro atoms. The van der Waals surface area contributed by atoms with Crippen molar-refractivity contribution in [1.82, 2.24) is 0 Å². The van der Waals surface area contributed by atoms with Gasteiger partial charge in [-0.15, -0.1) is 0 Å². The SMILES string of the molecule is O=C(c1ccc(-c2ccccc2)cc1)C1CCI1[O-].[K+]. The van der Waals surface area contributed by atoms with Crippen LogP contribution in [-0.2, 0) is 0 Å². The first kappa shape index (κ1) is 16.8. The van der Waals surface area contributed by atoms with Gasteiger partial charge in [-0.1, -0.05) is 0 Å². The van der Waals surface area contributed by atoms with Crippen molar-refractivity contribution in [3.8, 4) is 11.1 Å². The number of benzene rings is 2. The smallest absolute Gasteiger partial charge is 1.00 e. The third kappa shape index (κ3) is 3.60. The maximum absolute atomic E-state index is 12.1. The summed E-state index contributed by atoms with van der Waals surface area (Å²) in [5, 5.41) is 0. The number of Topliss-reactive ketones (excluding diaryl/α,β-unsaturated/α-hetero) is 1. The zero-order valence-corrected chi connectivity index (χ0v) is 16.7. The van der Waals surface area contributed by atoms with Crippen LogP contribution in [0.25, 0.3) is 11.1 Å². The van der Waals surface area contributed by atoms with Crippen LogP contribution in [0.4, 0.5) is 0 Å². The van der Waals surface area contributed by atoms with E-state index >= 15 is 0 Å². The molecule has 0 N–H and O–H groups in total. The average molecular weight is 404 g/mol. The number of ketones is 1. The molecular formula is C16H14IKO2. The van der Waals surface area contributed by atoms with Crippen LogP contribution in [0.15, 0.2) is 54.6 Å². The molecule has 1 aliphatic heterocycles. The second kappa shape index (κ2) is 7.62. The number of carbonyl (C=O) groups excluding carboxylic acids is 1. The molecule has 1 fully saturated rings. The van der Waals surface area contributed by atoms with Crippen LogP contribution in [0, 0.1) is 0 Å². The minimum absolute atomic E-state index is 0. The van der Waals surface area contributed by atoms with Gasteiger partial charge in [-0.05, 0) is 0 Å². The molecule has 2 aromatic carbocycles. The minimum Gasteiger partial charge on any atom is 1.00 e. The third-order valence-electron chi connectivity index (χ3n) is 3.40. The molecule has 2 nitrogen and oxygen atoms in total. The monoisotopic (exact) mass is 404 g/mol. The number of hydrogen-bond donors (Lipinski definition) is 0. The largest absolute Gasteiger partial charge is 1.00 e. The maximum atomic E-state index is 12.1. The molecule has 0 aromatic heterocycles. The third-order valence-corrected chi connectivity index (χ3v) is 7.96. The number of hydrogen-bond acceptors (Lipinski definition) is 2. The van der Waals surface area contributed by atoms with Gasteiger partial charge in [0.15, 0.2) is 0 Å². The van der Waals surface area contributed by atoms with E-state index in [1.54, 1.807) is 0 Å². The summed E-state index contributed by atoms with van der Waals surface area (Å²) in [6, 6.07) is 17.7.